The number of hydrogen-bond acceptors (Lipinski definition) is 2. The van der Waals surface area contributed by atoms with Crippen LogP contribution >= 0.6 is 0 Å². The number of nitrogens with zero attached hydrogens (tertiary/aromatic N) is 3. The van der Waals surface area contributed by atoms with Gasteiger partial charge in [0.2, 0.25) is 0 Å². The first-order valence-corrected chi connectivity index (χ1v) is 6.36. The summed E-state index contributed by atoms with van der Waals surface area (Å²) in [7, 11) is 0. The van der Waals surface area contributed by atoms with Gasteiger partial charge in [-0.15, -0.1) is 0 Å². The molecule has 0 bridgehead atoms. The number of rotatable bonds is 4. The summed E-state index contributed by atoms with van der Waals surface area (Å²) in [6.07, 6.45) is -1.58. The highest BCUT2D eigenvalue weighted by Gasteiger charge is 2.33. The first-order valence-electron chi connectivity index (χ1n) is 6.36. The number of halogens is 3. The van der Waals surface area contributed by atoms with Crippen molar-refractivity contribution >= 4 is 5.82 Å². The molecule has 0 atom stereocenters. The Kier molecular flexibility index (Phi) is 3.54. The number of anilines is 1. The molecule has 0 radical (unpaired) electrons. The normalized spacial score (nSPS) is 14.9. The lowest BCUT2D eigenvalue weighted by molar-refractivity contribution is -0.142. The van der Waals surface area contributed by atoms with Crippen LogP contribution in [0.1, 0.15) is 31.5 Å². The lowest BCUT2D eigenvalue weighted by atomic mass is 10.2. The number of alkyl halides is 3. The lowest BCUT2D eigenvalue weighted by Crippen LogP contribution is -2.29. The van der Waals surface area contributed by atoms with E-state index in [1.165, 1.54) is 0 Å². The fourth-order valence-corrected chi connectivity index (χ4v) is 2.59. The molecule has 0 saturated carbocycles. The summed E-state index contributed by atoms with van der Waals surface area (Å²) in [5.41, 5.74) is 1.86. The van der Waals surface area contributed by atoms with Crippen molar-refractivity contribution in [1.29, 1.82) is 0 Å². The first-order chi connectivity index (χ1) is 8.46. The van der Waals surface area contributed by atoms with E-state index in [9.17, 15) is 13.2 Å². The molecule has 0 amide bonds. The number of fused-ring (bicyclic) bond motifs is 1. The van der Waals surface area contributed by atoms with Gasteiger partial charge in [-0.05, 0) is 33.1 Å². The predicted molar refractivity (Wildman–Crippen MR) is 63.9 cm³/mol. The van der Waals surface area contributed by atoms with Crippen LogP contribution in [0.25, 0.3) is 0 Å². The maximum absolute atomic E-state index is 12.6. The van der Waals surface area contributed by atoms with Gasteiger partial charge in [-0.25, -0.2) is 4.68 Å². The van der Waals surface area contributed by atoms with Crippen molar-refractivity contribution in [2.45, 2.75) is 45.8 Å². The molecule has 102 valence electrons. The van der Waals surface area contributed by atoms with Crippen LogP contribution in [0.3, 0.4) is 0 Å². The van der Waals surface area contributed by atoms with Crippen molar-refractivity contribution in [2.24, 2.45) is 0 Å². The van der Waals surface area contributed by atoms with Crippen LogP contribution in [0.15, 0.2) is 0 Å². The summed E-state index contributed by atoms with van der Waals surface area (Å²) in [5, 5.41) is 4.15. The third-order valence-corrected chi connectivity index (χ3v) is 3.34. The molecule has 1 aliphatic rings. The Balaban J connectivity index is 2.40. The summed E-state index contributed by atoms with van der Waals surface area (Å²) >= 11 is 0. The molecule has 1 heterocycles. The van der Waals surface area contributed by atoms with E-state index in [2.05, 4.69) is 5.10 Å². The Hall–Kier alpha value is -1.20. The zero-order valence-corrected chi connectivity index (χ0v) is 10.7. The lowest BCUT2D eigenvalue weighted by Gasteiger charge is -2.24. The Morgan fingerprint density at radius 2 is 1.89 bits per heavy atom. The minimum atomic E-state index is -4.22. The second-order valence-electron chi connectivity index (χ2n) is 4.55. The van der Waals surface area contributed by atoms with Crippen LogP contribution in [-0.4, -0.2) is 29.0 Å². The van der Waals surface area contributed by atoms with Crippen LogP contribution in [0.4, 0.5) is 19.0 Å². The van der Waals surface area contributed by atoms with E-state index >= 15 is 0 Å². The van der Waals surface area contributed by atoms with E-state index in [0.717, 1.165) is 35.2 Å². The Morgan fingerprint density at radius 3 is 2.44 bits per heavy atom. The van der Waals surface area contributed by atoms with Gasteiger partial charge < -0.3 is 4.90 Å². The average molecular weight is 261 g/mol. The Labute approximate surface area is 105 Å². The fraction of sp³-hybridized carbons (Fsp3) is 0.750. The molecule has 0 N–H and O–H groups in total. The Morgan fingerprint density at radius 1 is 1.22 bits per heavy atom. The van der Waals surface area contributed by atoms with Crippen LogP contribution in [0.5, 0.6) is 0 Å². The summed E-state index contributed by atoms with van der Waals surface area (Å²) < 4.78 is 38.9. The van der Waals surface area contributed by atoms with Gasteiger partial charge in [-0.3, -0.25) is 0 Å². The van der Waals surface area contributed by atoms with Gasteiger partial charge in [0.1, 0.15) is 12.4 Å². The first kappa shape index (κ1) is 13.2. The van der Waals surface area contributed by atoms with Crippen molar-refractivity contribution in [2.75, 3.05) is 18.0 Å². The molecule has 6 heteroatoms. The second kappa shape index (κ2) is 4.82. The molecular weight excluding hydrogens is 243 g/mol. The minimum Gasteiger partial charge on any atom is -0.357 e. The fourth-order valence-electron chi connectivity index (χ4n) is 2.59. The molecule has 3 nitrogen and oxygen atoms in total. The molecule has 1 aromatic heterocycles. The highest BCUT2D eigenvalue weighted by atomic mass is 19.4. The van der Waals surface area contributed by atoms with E-state index in [0.29, 0.717) is 18.9 Å². The van der Waals surface area contributed by atoms with Crippen LogP contribution in [0, 0.1) is 0 Å². The maximum Gasteiger partial charge on any atom is 0.408 e. The van der Waals surface area contributed by atoms with Gasteiger partial charge in [0.15, 0.2) is 0 Å². The number of hydrogen-bond donors (Lipinski definition) is 0. The molecular formula is C12H18F3N3. The highest BCUT2D eigenvalue weighted by Crippen LogP contribution is 2.33. The topological polar surface area (TPSA) is 21.1 Å². The van der Waals surface area contributed by atoms with Crippen molar-refractivity contribution < 1.29 is 13.2 Å². The summed E-state index contributed by atoms with van der Waals surface area (Å²) in [6.45, 7) is 4.32. The van der Waals surface area contributed by atoms with Gasteiger partial charge in [0.05, 0.1) is 5.69 Å². The third-order valence-electron chi connectivity index (χ3n) is 3.34. The standard InChI is InChI=1S/C12H18F3N3/c1-3-17(4-2)11-9-6-5-7-10(9)16-18(11)8-12(13,14)15/h3-8H2,1-2H3. The molecule has 0 fully saturated rings. The van der Waals surface area contributed by atoms with Gasteiger partial charge in [-0.2, -0.15) is 18.3 Å². The summed E-state index contributed by atoms with van der Waals surface area (Å²) in [6, 6.07) is 0. The molecule has 1 aromatic rings. The van der Waals surface area contributed by atoms with Crippen LogP contribution in [0.2, 0.25) is 0 Å². The molecule has 1 aliphatic carbocycles. The van der Waals surface area contributed by atoms with E-state index in [1.807, 2.05) is 18.7 Å². The molecule has 0 saturated heterocycles. The van der Waals surface area contributed by atoms with E-state index < -0.39 is 12.7 Å². The smallest absolute Gasteiger partial charge is 0.357 e. The van der Waals surface area contributed by atoms with Gasteiger partial charge in [-0.1, -0.05) is 0 Å². The third kappa shape index (κ3) is 2.47. The number of aromatic nitrogens is 2. The minimum absolute atomic E-state index is 0.671. The van der Waals surface area contributed by atoms with E-state index in [1.54, 1.807) is 0 Å². The largest absolute Gasteiger partial charge is 0.408 e. The van der Waals surface area contributed by atoms with Crippen molar-refractivity contribution in [3.63, 3.8) is 0 Å². The monoisotopic (exact) mass is 261 g/mol. The molecule has 0 unspecified atom stereocenters. The van der Waals surface area contributed by atoms with Crippen molar-refractivity contribution in [3.8, 4) is 0 Å². The predicted octanol–water partition coefficient (Wildman–Crippen LogP) is 2.78. The Bertz CT molecular complexity index is 419. The van der Waals surface area contributed by atoms with E-state index in [-0.39, 0.29) is 0 Å². The van der Waals surface area contributed by atoms with Gasteiger partial charge >= 0.3 is 6.18 Å². The zero-order chi connectivity index (χ0) is 13.3. The molecule has 2 rings (SSSR count). The highest BCUT2D eigenvalue weighted by molar-refractivity contribution is 5.52. The molecule has 0 aromatic carbocycles. The summed E-state index contributed by atoms with van der Waals surface area (Å²) in [4.78, 5) is 1.96. The van der Waals surface area contributed by atoms with Gasteiger partial charge in [0, 0.05) is 18.7 Å². The van der Waals surface area contributed by atoms with Crippen LogP contribution in [-0.2, 0) is 19.4 Å². The van der Waals surface area contributed by atoms with Crippen molar-refractivity contribution in [3.05, 3.63) is 11.3 Å². The second-order valence-corrected chi connectivity index (χ2v) is 4.55. The SMILES string of the molecule is CCN(CC)c1c2c(nn1CC(F)(F)F)CCC2. The molecule has 0 aliphatic heterocycles. The molecule has 0 spiro atoms. The van der Waals surface area contributed by atoms with Gasteiger partial charge in [0.25, 0.3) is 0 Å². The van der Waals surface area contributed by atoms with Crippen LogP contribution < -0.4 is 4.90 Å². The number of aryl methyl sites for hydroxylation is 1. The maximum atomic E-state index is 12.6. The van der Waals surface area contributed by atoms with E-state index in [4.69, 9.17) is 0 Å². The molecule has 18 heavy (non-hydrogen) atoms. The van der Waals surface area contributed by atoms with Crippen molar-refractivity contribution in [1.82, 2.24) is 9.78 Å². The zero-order valence-electron chi connectivity index (χ0n) is 10.7. The summed E-state index contributed by atoms with van der Waals surface area (Å²) in [5.74, 6) is 0.671. The average Bonchev–Trinajstić information content (AvgIpc) is 2.80. The quantitative estimate of drug-likeness (QED) is 0.831.